The van der Waals surface area contributed by atoms with Gasteiger partial charge in [-0.25, -0.2) is 4.79 Å². The van der Waals surface area contributed by atoms with Gasteiger partial charge in [-0.05, 0) is 55.4 Å². The van der Waals surface area contributed by atoms with E-state index in [1.54, 1.807) is 13.4 Å². The van der Waals surface area contributed by atoms with Gasteiger partial charge < -0.3 is 18.9 Å². The topological polar surface area (TPSA) is 81.7 Å². The Morgan fingerprint density at radius 1 is 1.03 bits per heavy atom. The molecule has 4 rings (SSSR count). The van der Waals surface area contributed by atoms with Crippen LogP contribution < -0.4 is 15.7 Å². The lowest BCUT2D eigenvalue weighted by Gasteiger charge is -2.17. The third-order valence-corrected chi connectivity index (χ3v) is 6.66. The highest BCUT2D eigenvalue weighted by Gasteiger charge is 2.23. The number of benzene rings is 2. The first-order chi connectivity index (χ1) is 16.6. The summed E-state index contributed by atoms with van der Waals surface area (Å²) in [5.74, 6) is 0.707. The van der Waals surface area contributed by atoms with E-state index in [9.17, 15) is 9.59 Å². The highest BCUT2D eigenvalue weighted by Crippen LogP contribution is 2.37. The molecule has 0 spiro atoms. The fourth-order valence-electron chi connectivity index (χ4n) is 4.64. The second-order valence-electron chi connectivity index (χ2n) is 10.1. The highest BCUT2D eigenvalue weighted by atomic mass is 16.5. The van der Waals surface area contributed by atoms with Gasteiger partial charge in [-0.3, -0.25) is 4.79 Å². The van der Waals surface area contributed by atoms with Crippen molar-refractivity contribution < 1.29 is 18.4 Å². The molecule has 0 bridgehead atoms. The largest absolute Gasteiger partial charge is 0.496 e. The van der Waals surface area contributed by atoms with Crippen LogP contribution in [-0.2, 0) is 23.1 Å². The maximum Gasteiger partial charge on any atom is 0.339 e. The number of carbonyl (C=O) groups excluding carboxylic acids is 1. The lowest BCUT2D eigenvalue weighted by Crippen LogP contribution is -2.26. The Bertz CT molecular complexity index is 1450. The molecule has 0 radical (unpaired) electrons. The van der Waals surface area contributed by atoms with Crippen molar-refractivity contribution in [1.29, 1.82) is 0 Å². The maximum absolute atomic E-state index is 12.8. The van der Waals surface area contributed by atoms with E-state index in [1.807, 2.05) is 38.1 Å². The van der Waals surface area contributed by atoms with Gasteiger partial charge in [0.25, 0.3) is 0 Å². The van der Waals surface area contributed by atoms with Crippen LogP contribution in [0.3, 0.4) is 0 Å². The summed E-state index contributed by atoms with van der Waals surface area (Å²) in [6, 6.07) is 9.81. The molecule has 1 N–H and O–H groups in total. The summed E-state index contributed by atoms with van der Waals surface area (Å²) < 4.78 is 17.0. The van der Waals surface area contributed by atoms with E-state index in [2.05, 4.69) is 32.2 Å². The van der Waals surface area contributed by atoms with Crippen molar-refractivity contribution in [3.63, 3.8) is 0 Å². The van der Waals surface area contributed by atoms with E-state index in [0.717, 1.165) is 44.4 Å². The minimum absolute atomic E-state index is 0.0838. The molecule has 0 aliphatic rings. The summed E-state index contributed by atoms with van der Waals surface area (Å²) in [6.07, 6.45) is 2.99. The normalized spacial score (nSPS) is 11.8. The summed E-state index contributed by atoms with van der Waals surface area (Å²) in [5, 5.41) is 4.85. The smallest absolute Gasteiger partial charge is 0.339 e. The van der Waals surface area contributed by atoms with Crippen LogP contribution in [0.5, 0.6) is 5.75 Å². The Hall–Kier alpha value is -3.54. The number of para-hydroxylation sites is 1. The molecule has 184 valence electrons. The molecule has 35 heavy (non-hydrogen) atoms. The molecule has 0 aliphatic heterocycles. The van der Waals surface area contributed by atoms with Gasteiger partial charge in [0, 0.05) is 40.4 Å². The van der Waals surface area contributed by atoms with Crippen molar-refractivity contribution in [2.24, 2.45) is 0 Å². The van der Waals surface area contributed by atoms with Gasteiger partial charge in [0.05, 0.1) is 13.4 Å². The summed E-state index contributed by atoms with van der Waals surface area (Å²) in [6.45, 7) is 10.8. The van der Waals surface area contributed by atoms with E-state index in [-0.39, 0.29) is 17.7 Å². The maximum atomic E-state index is 12.8. The van der Waals surface area contributed by atoms with Crippen LogP contribution in [0.4, 0.5) is 0 Å². The third-order valence-electron chi connectivity index (χ3n) is 6.66. The highest BCUT2D eigenvalue weighted by molar-refractivity contribution is 6.00. The average molecular weight is 476 g/mol. The van der Waals surface area contributed by atoms with Crippen LogP contribution in [0.2, 0.25) is 0 Å². The molecular weight excluding hydrogens is 442 g/mol. The van der Waals surface area contributed by atoms with Crippen molar-refractivity contribution in [2.75, 3.05) is 13.7 Å². The molecule has 0 fully saturated rings. The van der Waals surface area contributed by atoms with Crippen molar-refractivity contribution >= 4 is 27.8 Å². The van der Waals surface area contributed by atoms with Crippen molar-refractivity contribution in [1.82, 2.24) is 5.32 Å². The molecule has 0 unspecified atom stereocenters. The van der Waals surface area contributed by atoms with Crippen molar-refractivity contribution in [2.45, 2.75) is 59.3 Å². The second-order valence-corrected chi connectivity index (χ2v) is 10.1. The Morgan fingerprint density at radius 2 is 1.77 bits per heavy atom. The summed E-state index contributed by atoms with van der Waals surface area (Å²) in [4.78, 5) is 25.4. The third kappa shape index (κ3) is 4.83. The Morgan fingerprint density at radius 3 is 2.49 bits per heavy atom. The molecule has 2 heterocycles. The van der Waals surface area contributed by atoms with E-state index in [4.69, 9.17) is 13.6 Å². The van der Waals surface area contributed by atoms with Crippen molar-refractivity contribution in [3.05, 3.63) is 74.8 Å². The first-order valence-corrected chi connectivity index (χ1v) is 12.0. The number of aryl methyl sites for hydroxylation is 2. The van der Waals surface area contributed by atoms with Crippen LogP contribution in [0.15, 0.2) is 50.2 Å². The standard InChI is InChI=1S/C29H33NO5/c1-17-20(11-12-25(31)30-14-13-19-9-7-8-10-24(19)33-6)28(32)35-27-18(2)26-22(15-21(17)27)23(16-34-26)29(3,4)5/h7-10,15-16H,11-14H2,1-6H3,(H,30,31). The predicted molar refractivity (Wildman–Crippen MR) is 138 cm³/mol. The fourth-order valence-corrected chi connectivity index (χ4v) is 4.64. The summed E-state index contributed by atoms with van der Waals surface area (Å²) in [5.41, 5.74) is 5.15. The molecule has 2 aromatic carbocycles. The van der Waals surface area contributed by atoms with Crippen LogP contribution in [0.1, 0.15) is 55.0 Å². The fraction of sp³-hybridized carbons (Fsp3) is 0.379. The first-order valence-electron chi connectivity index (χ1n) is 12.0. The zero-order chi connectivity index (χ0) is 25.3. The van der Waals surface area contributed by atoms with Gasteiger partial charge in [0.1, 0.15) is 16.9 Å². The number of hydrogen-bond acceptors (Lipinski definition) is 5. The number of hydrogen-bond donors (Lipinski definition) is 1. The lowest BCUT2D eigenvalue weighted by molar-refractivity contribution is -0.121. The van der Waals surface area contributed by atoms with E-state index in [0.29, 0.717) is 30.5 Å². The quantitative estimate of drug-likeness (QED) is 0.344. The minimum Gasteiger partial charge on any atom is -0.496 e. The van der Waals surface area contributed by atoms with Gasteiger partial charge in [0.15, 0.2) is 0 Å². The Balaban J connectivity index is 1.53. The van der Waals surface area contributed by atoms with Crippen molar-refractivity contribution in [3.8, 4) is 5.75 Å². The predicted octanol–water partition coefficient (Wildman–Crippen LogP) is 5.75. The number of nitrogens with one attached hydrogen (secondary N) is 1. The molecule has 6 nitrogen and oxygen atoms in total. The zero-order valence-corrected chi connectivity index (χ0v) is 21.3. The number of furan rings is 1. The molecule has 0 atom stereocenters. The van der Waals surface area contributed by atoms with Gasteiger partial charge in [-0.2, -0.15) is 0 Å². The number of amides is 1. The molecule has 1 amide bonds. The van der Waals surface area contributed by atoms with E-state index >= 15 is 0 Å². The van der Waals surface area contributed by atoms with Crippen LogP contribution in [-0.4, -0.2) is 19.6 Å². The number of fused-ring (bicyclic) bond motifs is 2. The average Bonchev–Trinajstić information content (AvgIpc) is 3.25. The molecule has 2 aromatic heterocycles. The Kier molecular flexibility index (Phi) is 6.75. The number of rotatable bonds is 7. The summed E-state index contributed by atoms with van der Waals surface area (Å²) >= 11 is 0. The lowest BCUT2D eigenvalue weighted by atomic mass is 9.86. The number of carbonyl (C=O) groups is 1. The van der Waals surface area contributed by atoms with Crippen LogP contribution in [0.25, 0.3) is 21.9 Å². The molecule has 0 saturated heterocycles. The number of methoxy groups -OCH3 is 1. The van der Waals surface area contributed by atoms with E-state index < -0.39 is 5.63 Å². The number of ether oxygens (including phenoxy) is 1. The Labute approximate surface area is 205 Å². The molecule has 6 heteroatoms. The molecule has 0 aliphatic carbocycles. The molecular formula is C29H33NO5. The second kappa shape index (κ2) is 9.61. The van der Waals surface area contributed by atoms with Crippen LogP contribution in [0, 0.1) is 13.8 Å². The first kappa shape index (κ1) is 24.6. The van der Waals surface area contributed by atoms with E-state index in [1.165, 1.54) is 0 Å². The molecule has 4 aromatic rings. The molecule has 0 saturated carbocycles. The van der Waals surface area contributed by atoms with Gasteiger partial charge in [-0.15, -0.1) is 0 Å². The van der Waals surface area contributed by atoms with Gasteiger partial charge in [-0.1, -0.05) is 39.0 Å². The van der Waals surface area contributed by atoms with Gasteiger partial charge >= 0.3 is 5.63 Å². The SMILES string of the molecule is COc1ccccc1CCNC(=O)CCc1c(C)c2cc3c(C(C)(C)C)coc3c(C)c2oc1=O. The summed E-state index contributed by atoms with van der Waals surface area (Å²) in [7, 11) is 1.64. The van der Waals surface area contributed by atoms with Crippen LogP contribution >= 0.6 is 0 Å². The monoisotopic (exact) mass is 475 g/mol. The minimum atomic E-state index is -0.401. The zero-order valence-electron chi connectivity index (χ0n) is 21.3. The van der Waals surface area contributed by atoms with Gasteiger partial charge in [0.2, 0.25) is 5.91 Å².